The Hall–Kier alpha value is -4.43. The van der Waals surface area contributed by atoms with Crippen LogP contribution in [0.5, 0.6) is 0 Å². The van der Waals surface area contributed by atoms with E-state index in [1.54, 1.807) is 10.7 Å². The maximum atomic E-state index is 13.8. The lowest BCUT2D eigenvalue weighted by atomic mass is 9.96. The molecule has 1 heterocycles. The molecule has 0 radical (unpaired) electrons. The fourth-order valence-electron chi connectivity index (χ4n) is 4.85. The Labute approximate surface area is 247 Å². The minimum absolute atomic E-state index is 0.0518. The molecule has 8 nitrogen and oxygen atoms in total. The molecule has 1 saturated carbocycles. The standard InChI is InChI=1S/C34H39N5O3/c1-23-19-30(39(38-23)27-14-10-11-25(20-27)22-36-33(41)42-34(2,3)4)32(40)37-29-16-9-8-15-28(29)31(35-21-24-17-18-24)26-12-6-5-7-13-26/h5-16,19-20,24,31,35H,17-18,21-22H2,1-4H3,(H,36,41)(H,37,40). The summed E-state index contributed by atoms with van der Waals surface area (Å²) < 4.78 is 6.99. The molecule has 3 aromatic carbocycles. The summed E-state index contributed by atoms with van der Waals surface area (Å²) in [5.74, 6) is 0.458. The lowest BCUT2D eigenvalue weighted by molar-refractivity contribution is 0.0523. The number of ether oxygens (including phenoxy) is 1. The zero-order valence-corrected chi connectivity index (χ0v) is 24.7. The first-order chi connectivity index (χ1) is 20.2. The molecule has 218 valence electrons. The van der Waals surface area contributed by atoms with Crippen molar-refractivity contribution >= 4 is 17.7 Å². The smallest absolute Gasteiger partial charge is 0.407 e. The SMILES string of the molecule is Cc1cc(C(=O)Nc2ccccc2C(NCC2CC2)c2ccccc2)n(-c2cccc(CNC(=O)OC(C)(C)C)c2)n1. The van der Waals surface area contributed by atoms with Crippen molar-refractivity contribution in [2.24, 2.45) is 5.92 Å². The molecule has 3 N–H and O–H groups in total. The quantitative estimate of drug-likeness (QED) is 0.203. The van der Waals surface area contributed by atoms with Gasteiger partial charge in [-0.3, -0.25) is 4.79 Å². The van der Waals surface area contributed by atoms with E-state index in [0.29, 0.717) is 11.6 Å². The number of anilines is 1. The monoisotopic (exact) mass is 565 g/mol. The molecule has 42 heavy (non-hydrogen) atoms. The molecule has 1 aliphatic rings. The van der Waals surface area contributed by atoms with Crippen LogP contribution < -0.4 is 16.0 Å². The number of benzene rings is 3. The van der Waals surface area contributed by atoms with Gasteiger partial charge in [0.15, 0.2) is 0 Å². The number of nitrogens with zero attached hydrogens (tertiary/aromatic N) is 2. The number of aryl methyl sites for hydroxylation is 1. The molecule has 0 spiro atoms. The molecule has 1 aliphatic carbocycles. The Balaban J connectivity index is 1.37. The van der Waals surface area contributed by atoms with E-state index in [9.17, 15) is 9.59 Å². The predicted molar refractivity (Wildman–Crippen MR) is 165 cm³/mol. The number of aromatic nitrogens is 2. The van der Waals surface area contributed by atoms with Gasteiger partial charge in [-0.05, 0) is 94.0 Å². The third kappa shape index (κ3) is 7.64. The Morgan fingerprint density at radius 1 is 0.976 bits per heavy atom. The minimum atomic E-state index is -0.576. The fourth-order valence-corrected chi connectivity index (χ4v) is 4.85. The van der Waals surface area contributed by atoms with Crippen LogP contribution in [0, 0.1) is 12.8 Å². The average molecular weight is 566 g/mol. The van der Waals surface area contributed by atoms with Crippen LogP contribution in [0.25, 0.3) is 5.69 Å². The minimum Gasteiger partial charge on any atom is -0.444 e. The predicted octanol–water partition coefficient (Wildman–Crippen LogP) is 6.55. The third-order valence-corrected chi connectivity index (χ3v) is 7.02. The van der Waals surface area contributed by atoms with Gasteiger partial charge in [-0.1, -0.05) is 60.7 Å². The van der Waals surface area contributed by atoms with Gasteiger partial charge in [0.25, 0.3) is 5.91 Å². The Morgan fingerprint density at radius 3 is 2.45 bits per heavy atom. The van der Waals surface area contributed by atoms with Crippen LogP contribution in [0.15, 0.2) is 84.9 Å². The molecule has 1 fully saturated rings. The molecule has 2 amide bonds. The maximum absolute atomic E-state index is 13.8. The van der Waals surface area contributed by atoms with E-state index in [-0.39, 0.29) is 18.5 Å². The summed E-state index contributed by atoms with van der Waals surface area (Å²) in [5, 5.41) is 14.3. The van der Waals surface area contributed by atoms with Crippen LogP contribution in [0.1, 0.15) is 72.5 Å². The number of carbonyl (C=O) groups excluding carboxylic acids is 2. The van der Waals surface area contributed by atoms with E-state index in [4.69, 9.17) is 4.74 Å². The zero-order valence-electron chi connectivity index (χ0n) is 24.7. The number of amides is 2. The highest BCUT2D eigenvalue weighted by Crippen LogP contribution is 2.32. The van der Waals surface area contributed by atoms with Gasteiger partial charge >= 0.3 is 6.09 Å². The summed E-state index contributed by atoms with van der Waals surface area (Å²) in [7, 11) is 0. The van der Waals surface area contributed by atoms with E-state index in [1.165, 1.54) is 12.8 Å². The van der Waals surface area contributed by atoms with Gasteiger partial charge < -0.3 is 20.7 Å². The molecule has 8 heteroatoms. The van der Waals surface area contributed by atoms with Crippen LogP contribution in [0.3, 0.4) is 0 Å². The molecular formula is C34H39N5O3. The fraction of sp³-hybridized carbons (Fsp3) is 0.324. The summed E-state index contributed by atoms with van der Waals surface area (Å²) >= 11 is 0. The molecule has 0 bridgehead atoms. The van der Waals surface area contributed by atoms with Gasteiger partial charge in [-0.2, -0.15) is 5.10 Å². The zero-order chi connectivity index (χ0) is 29.7. The van der Waals surface area contributed by atoms with E-state index in [1.807, 2.05) is 88.4 Å². The van der Waals surface area contributed by atoms with Crippen molar-refractivity contribution in [3.63, 3.8) is 0 Å². The average Bonchev–Trinajstić information content (AvgIpc) is 3.71. The number of hydrogen-bond donors (Lipinski definition) is 3. The van der Waals surface area contributed by atoms with Gasteiger partial charge in [0.2, 0.25) is 0 Å². The third-order valence-electron chi connectivity index (χ3n) is 7.02. The van der Waals surface area contributed by atoms with E-state index in [2.05, 4.69) is 39.2 Å². The molecule has 0 saturated heterocycles. The van der Waals surface area contributed by atoms with Crippen LogP contribution in [-0.4, -0.2) is 33.9 Å². The van der Waals surface area contributed by atoms with Gasteiger partial charge in [0.1, 0.15) is 11.3 Å². The highest BCUT2D eigenvalue weighted by atomic mass is 16.6. The van der Waals surface area contributed by atoms with Crippen LogP contribution in [-0.2, 0) is 11.3 Å². The van der Waals surface area contributed by atoms with Crippen molar-refractivity contribution in [3.8, 4) is 5.69 Å². The summed E-state index contributed by atoms with van der Waals surface area (Å²) in [6.07, 6.45) is 2.03. The molecule has 1 aromatic heterocycles. The van der Waals surface area contributed by atoms with Crippen molar-refractivity contribution in [2.75, 3.05) is 11.9 Å². The van der Waals surface area contributed by atoms with Gasteiger partial charge in [0.05, 0.1) is 17.4 Å². The number of rotatable bonds is 10. The topological polar surface area (TPSA) is 97.3 Å². The summed E-state index contributed by atoms with van der Waals surface area (Å²) in [6, 6.07) is 27.6. The van der Waals surface area contributed by atoms with E-state index < -0.39 is 11.7 Å². The first-order valence-electron chi connectivity index (χ1n) is 14.5. The number of nitrogens with one attached hydrogen (secondary N) is 3. The maximum Gasteiger partial charge on any atom is 0.407 e. The lowest BCUT2D eigenvalue weighted by Crippen LogP contribution is -2.32. The van der Waals surface area contributed by atoms with E-state index >= 15 is 0 Å². The second kappa shape index (κ2) is 12.6. The second-order valence-corrected chi connectivity index (χ2v) is 11.8. The number of para-hydroxylation sites is 1. The van der Waals surface area contributed by atoms with Crippen LogP contribution in [0.4, 0.5) is 10.5 Å². The highest BCUT2D eigenvalue weighted by molar-refractivity contribution is 6.04. The van der Waals surface area contributed by atoms with E-state index in [0.717, 1.165) is 40.3 Å². The number of alkyl carbamates (subject to hydrolysis) is 1. The molecular weight excluding hydrogens is 526 g/mol. The molecule has 1 atom stereocenters. The van der Waals surface area contributed by atoms with Crippen molar-refractivity contribution in [3.05, 3.63) is 113 Å². The van der Waals surface area contributed by atoms with Gasteiger partial charge in [-0.15, -0.1) is 0 Å². The van der Waals surface area contributed by atoms with Gasteiger partial charge in [0, 0.05) is 12.2 Å². The first-order valence-corrected chi connectivity index (χ1v) is 14.5. The Morgan fingerprint density at radius 2 is 1.71 bits per heavy atom. The largest absolute Gasteiger partial charge is 0.444 e. The first kappa shape index (κ1) is 29.1. The van der Waals surface area contributed by atoms with Crippen molar-refractivity contribution in [1.29, 1.82) is 0 Å². The summed E-state index contributed by atoms with van der Waals surface area (Å²) in [5.41, 5.74) is 5.05. The molecule has 0 aliphatic heterocycles. The second-order valence-electron chi connectivity index (χ2n) is 11.8. The lowest BCUT2D eigenvalue weighted by Gasteiger charge is -2.23. The van der Waals surface area contributed by atoms with Crippen molar-refractivity contribution in [2.45, 2.75) is 58.7 Å². The molecule has 1 unspecified atom stereocenters. The molecule has 4 aromatic rings. The summed E-state index contributed by atoms with van der Waals surface area (Å²) in [4.78, 5) is 25.9. The van der Waals surface area contributed by atoms with Crippen molar-refractivity contribution < 1.29 is 14.3 Å². The summed E-state index contributed by atoms with van der Waals surface area (Å²) in [6.45, 7) is 8.56. The number of carbonyl (C=O) groups is 2. The highest BCUT2D eigenvalue weighted by Gasteiger charge is 2.25. The van der Waals surface area contributed by atoms with Crippen LogP contribution >= 0.6 is 0 Å². The normalized spacial score (nSPS) is 13.8. The van der Waals surface area contributed by atoms with Gasteiger partial charge in [-0.25, -0.2) is 9.48 Å². The van der Waals surface area contributed by atoms with Crippen molar-refractivity contribution in [1.82, 2.24) is 20.4 Å². The van der Waals surface area contributed by atoms with Crippen LogP contribution in [0.2, 0.25) is 0 Å². The number of hydrogen-bond acceptors (Lipinski definition) is 5. The Bertz CT molecular complexity index is 1540. The Kier molecular flexibility index (Phi) is 8.73. The molecule has 5 rings (SSSR count).